The lowest BCUT2D eigenvalue weighted by molar-refractivity contribution is -0.132. The van der Waals surface area contributed by atoms with E-state index in [2.05, 4.69) is 15.7 Å². The van der Waals surface area contributed by atoms with Gasteiger partial charge in [-0.25, -0.2) is 0 Å². The van der Waals surface area contributed by atoms with E-state index in [-0.39, 0.29) is 24.3 Å². The molecule has 0 bridgehead atoms. The SMILES string of the molecule is COc1cccc(N2CC(NC(=O)C3(n4cccn4)CCNCC3)CC2=O)c1. The zero-order valence-corrected chi connectivity index (χ0v) is 15.9. The lowest BCUT2D eigenvalue weighted by atomic mass is 9.87. The maximum atomic E-state index is 13.3. The number of methoxy groups -OCH3 is 1. The zero-order valence-electron chi connectivity index (χ0n) is 15.9. The molecule has 1 aromatic heterocycles. The quantitative estimate of drug-likeness (QED) is 0.801. The molecule has 0 radical (unpaired) electrons. The highest BCUT2D eigenvalue weighted by Gasteiger charge is 2.44. The maximum Gasteiger partial charge on any atom is 0.248 e. The van der Waals surface area contributed by atoms with Gasteiger partial charge in [-0.3, -0.25) is 14.3 Å². The van der Waals surface area contributed by atoms with Gasteiger partial charge in [0.15, 0.2) is 0 Å². The highest BCUT2D eigenvalue weighted by Crippen LogP contribution is 2.29. The van der Waals surface area contributed by atoms with Gasteiger partial charge in [-0.15, -0.1) is 0 Å². The molecule has 2 fully saturated rings. The van der Waals surface area contributed by atoms with Crippen LogP contribution < -0.4 is 20.3 Å². The second-order valence-electron chi connectivity index (χ2n) is 7.31. The standard InChI is InChI=1S/C20H25N5O3/c1-28-17-5-2-4-16(13-17)24-14-15(12-18(24)26)23-19(27)20(6-9-21-10-7-20)25-11-3-8-22-25/h2-5,8,11,13,15,21H,6-7,9-10,12,14H2,1H3,(H,23,27). The average molecular weight is 383 g/mol. The molecule has 0 spiro atoms. The van der Waals surface area contributed by atoms with Crippen LogP contribution in [0.3, 0.4) is 0 Å². The van der Waals surface area contributed by atoms with Crippen molar-refractivity contribution < 1.29 is 14.3 Å². The van der Waals surface area contributed by atoms with Crippen LogP contribution in [0.15, 0.2) is 42.7 Å². The normalized spacial score (nSPS) is 21.5. The van der Waals surface area contributed by atoms with Gasteiger partial charge in [0, 0.05) is 37.1 Å². The number of hydrogen-bond donors (Lipinski definition) is 2. The van der Waals surface area contributed by atoms with E-state index in [1.807, 2.05) is 36.5 Å². The van der Waals surface area contributed by atoms with Crippen LogP contribution >= 0.6 is 0 Å². The molecule has 2 aliphatic heterocycles. The molecule has 28 heavy (non-hydrogen) atoms. The predicted octanol–water partition coefficient (Wildman–Crippen LogP) is 0.892. The summed E-state index contributed by atoms with van der Waals surface area (Å²) in [6.07, 6.45) is 5.16. The van der Waals surface area contributed by atoms with E-state index in [1.165, 1.54) is 0 Å². The van der Waals surface area contributed by atoms with Crippen LogP contribution in [0.2, 0.25) is 0 Å². The Morgan fingerprint density at radius 3 is 2.86 bits per heavy atom. The monoisotopic (exact) mass is 383 g/mol. The van der Waals surface area contributed by atoms with Crippen molar-refractivity contribution in [3.8, 4) is 5.75 Å². The average Bonchev–Trinajstić information content (AvgIpc) is 3.39. The largest absolute Gasteiger partial charge is 0.497 e. The molecule has 2 aliphatic rings. The molecule has 8 heteroatoms. The van der Waals surface area contributed by atoms with Crippen molar-refractivity contribution in [2.75, 3.05) is 31.6 Å². The van der Waals surface area contributed by atoms with Gasteiger partial charge in [-0.1, -0.05) is 6.07 Å². The van der Waals surface area contributed by atoms with Gasteiger partial charge in [-0.2, -0.15) is 5.10 Å². The summed E-state index contributed by atoms with van der Waals surface area (Å²) >= 11 is 0. The molecule has 1 atom stereocenters. The fourth-order valence-electron chi connectivity index (χ4n) is 4.07. The van der Waals surface area contributed by atoms with Gasteiger partial charge in [0.25, 0.3) is 0 Å². The van der Waals surface area contributed by atoms with E-state index in [9.17, 15) is 9.59 Å². The Hall–Kier alpha value is -2.87. The van der Waals surface area contributed by atoms with Crippen molar-refractivity contribution in [3.05, 3.63) is 42.7 Å². The molecule has 8 nitrogen and oxygen atoms in total. The minimum absolute atomic E-state index is 0.00277. The number of hydrogen-bond acceptors (Lipinski definition) is 5. The van der Waals surface area contributed by atoms with Gasteiger partial charge in [0.05, 0.1) is 13.2 Å². The van der Waals surface area contributed by atoms with E-state index < -0.39 is 5.54 Å². The molecule has 1 aromatic carbocycles. The van der Waals surface area contributed by atoms with Gasteiger partial charge < -0.3 is 20.3 Å². The molecule has 2 N–H and O–H groups in total. The van der Waals surface area contributed by atoms with Crippen LogP contribution in [-0.2, 0) is 15.1 Å². The first-order valence-electron chi connectivity index (χ1n) is 9.59. The Morgan fingerprint density at radius 2 is 2.14 bits per heavy atom. The van der Waals surface area contributed by atoms with Crippen LogP contribution in [-0.4, -0.2) is 54.4 Å². The van der Waals surface area contributed by atoms with E-state index in [1.54, 1.807) is 22.9 Å². The predicted molar refractivity (Wildman–Crippen MR) is 104 cm³/mol. The summed E-state index contributed by atoms with van der Waals surface area (Å²) in [6, 6.07) is 9.01. The van der Waals surface area contributed by atoms with Gasteiger partial charge in [0.1, 0.15) is 11.3 Å². The van der Waals surface area contributed by atoms with Crippen LogP contribution in [0.25, 0.3) is 0 Å². The van der Waals surface area contributed by atoms with Crippen LogP contribution in [0.1, 0.15) is 19.3 Å². The molecule has 2 saturated heterocycles. The highest BCUT2D eigenvalue weighted by molar-refractivity contribution is 5.97. The fraction of sp³-hybridized carbons (Fsp3) is 0.450. The first-order valence-corrected chi connectivity index (χ1v) is 9.59. The number of piperidine rings is 1. The van der Waals surface area contributed by atoms with E-state index in [4.69, 9.17) is 4.74 Å². The minimum atomic E-state index is -0.707. The number of amides is 2. The van der Waals surface area contributed by atoms with Gasteiger partial charge in [-0.05, 0) is 44.1 Å². The minimum Gasteiger partial charge on any atom is -0.497 e. The number of nitrogens with one attached hydrogen (secondary N) is 2. The molecule has 2 aromatic rings. The molecule has 148 valence electrons. The van der Waals surface area contributed by atoms with Crippen molar-refractivity contribution >= 4 is 17.5 Å². The molecule has 3 heterocycles. The van der Waals surface area contributed by atoms with Crippen molar-refractivity contribution in [1.29, 1.82) is 0 Å². The maximum absolute atomic E-state index is 13.3. The number of aromatic nitrogens is 2. The number of benzene rings is 1. The summed E-state index contributed by atoms with van der Waals surface area (Å²) in [5.74, 6) is 0.630. The van der Waals surface area contributed by atoms with Gasteiger partial charge in [0.2, 0.25) is 11.8 Å². The second-order valence-corrected chi connectivity index (χ2v) is 7.31. The summed E-state index contributed by atoms with van der Waals surface area (Å²) in [5.41, 5.74) is 0.0750. The van der Waals surface area contributed by atoms with Gasteiger partial charge >= 0.3 is 0 Å². The summed E-state index contributed by atoms with van der Waals surface area (Å²) in [5, 5.41) is 10.8. The molecule has 1 unspecified atom stereocenters. The third-order valence-corrected chi connectivity index (χ3v) is 5.62. The first kappa shape index (κ1) is 18.5. The van der Waals surface area contributed by atoms with Crippen molar-refractivity contribution in [1.82, 2.24) is 20.4 Å². The number of anilines is 1. The molecule has 2 amide bonds. The Morgan fingerprint density at radius 1 is 1.32 bits per heavy atom. The lowest BCUT2D eigenvalue weighted by Gasteiger charge is -2.37. The summed E-state index contributed by atoms with van der Waals surface area (Å²) in [7, 11) is 1.60. The Bertz CT molecular complexity index is 845. The topological polar surface area (TPSA) is 88.5 Å². The zero-order chi connectivity index (χ0) is 19.6. The molecule has 0 aliphatic carbocycles. The second kappa shape index (κ2) is 7.63. The van der Waals surface area contributed by atoms with Crippen molar-refractivity contribution in [2.24, 2.45) is 0 Å². The molecule has 0 saturated carbocycles. The fourth-order valence-corrected chi connectivity index (χ4v) is 4.07. The van der Waals surface area contributed by atoms with Crippen LogP contribution in [0, 0.1) is 0 Å². The number of carbonyl (C=O) groups excluding carboxylic acids is 2. The summed E-state index contributed by atoms with van der Waals surface area (Å²) < 4.78 is 7.02. The highest BCUT2D eigenvalue weighted by atomic mass is 16.5. The van der Waals surface area contributed by atoms with Crippen LogP contribution in [0.4, 0.5) is 5.69 Å². The number of carbonyl (C=O) groups is 2. The molecular formula is C20H25N5O3. The number of nitrogens with zero attached hydrogens (tertiary/aromatic N) is 3. The third-order valence-electron chi connectivity index (χ3n) is 5.62. The van der Waals surface area contributed by atoms with Crippen molar-refractivity contribution in [2.45, 2.75) is 30.8 Å². The Kier molecular flexibility index (Phi) is 5.04. The summed E-state index contributed by atoms with van der Waals surface area (Å²) in [6.45, 7) is 1.96. The Labute approximate surface area is 163 Å². The number of ether oxygens (including phenoxy) is 1. The molecule has 4 rings (SSSR count). The Balaban J connectivity index is 1.49. The smallest absolute Gasteiger partial charge is 0.248 e. The molecular weight excluding hydrogens is 358 g/mol. The van der Waals surface area contributed by atoms with E-state index in [0.29, 0.717) is 25.1 Å². The first-order chi connectivity index (χ1) is 13.6. The lowest BCUT2D eigenvalue weighted by Crippen LogP contribution is -2.56. The third kappa shape index (κ3) is 3.35. The van der Waals surface area contributed by atoms with Crippen molar-refractivity contribution in [3.63, 3.8) is 0 Å². The van der Waals surface area contributed by atoms with E-state index in [0.717, 1.165) is 18.8 Å². The van der Waals surface area contributed by atoms with E-state index >= 15 is 0 Å². The number of rotatable bonds is 5. The summed E-state index contributed by atoms with van der Waals surface area (Å²) in [4.78, 5) is 27.5. The van der Waals surface area contributed by atoms with Crippen LogP contribution in [0.5, 0.6) is 5.75 Å².